The third-order valence-corrected chi connectivity index (χ3v) is 7.60. The molecule has 3 rings (SSSR count). The number of benzene rings is 2. The monoisotopic (exact) mass is 428 g/mol. The lowest BCUT2D eigenvalue weighted by molar-refractivity contribution is -0.137. The standard InChI is InChI=1S/C24H28O5S/c1-4-16(2)12-18-8-10-22-21(14-18)23(15-19(29-22)9-11-24(25)26)30(27,28)20-7-5-6-17(3)13-20/h5-8,10,12-14,19,23H,4,9,11,15H2,1-3H3,(H,25,26)/b16-12-/t19-,23?/m0/s1. The van der Waals surface area contributed by atoms with Crippen molar-refractivity contribution in [3.63, 3.8) is 0 Å². The Bertz CT molecular complexity index is 1070. The summed E-state index contributed by atoms with van der Waals surface area (Å²) < 4.78 is 33.2. The summed E-state index contributed by atoms with van der Waals surface area (Å²) in [6.07, 6.45) is 2.94. The fourth-order valence-electron chi connectivity index (χ4n) is 3.71. The van der Waals surface area contributed by atoms with Crippen molar-refractivity contribution in [2.24, 2.45) is 0 Å². The summed E-state index contributed by atoms with van der Waals surface area (Å²) >= 11 is 0. The highest BCUT2D eigenvalue weighted by Crippen LogP contribution is 2.43. The van der Waals surface area contributed by atoms with Gasteiger partial charge in [-0.25, -0.2) is 8.42 Å². The maximum Gasteiger partial charge on any atom is 0.303 e. The second-order valence-corrected chi connectivity index (χ2v) is 10.0. The summed E-state index contributed by atoms with van der Waals surface area (Å²) in [6.45, 7) is 5.98. The zero-order valence-corrected chi connectivity index (χ0v) is 18.4. The first-order valence-electron chi connectivity index (χ1n) is 10.2. The van der Waals surface area contributed by atoms with Crippen LogP contribution in [0.2, 0.25) is 0 Å². The summed E-state index contributed by atoms with van der Waals surface area (Å²) in [5.74, 6) is -0.401. The highest BCUT2D eigenvalue weighted by atomic mass is 32.2. The van der Waals surface area contributed by atoms with Crippen LogP contribution < -0.4 is 4.74 Å². The molecular weight excluding hydrogens is 400 g/mol. The Kier molecular flexibility index (Phi) is 6.66. The fraction of sp³-hybridized carbons (Fsp3) is 0.375. The minimum atomic E-state index is -3.67. The van der Waals surface area contributed by atoms with E-state index in [2.05, 4.69) is 6.92 Å². The van der Waals surface area contributed by atoms with E-state index in [1.165, 1.54) is 5.57 Å². The summed E-state index contributed by atoms with van der Waals surface area (Å²) in [6, 6.07) is 12.5. The van der Waals surface area contributed by atoms with E-state index in [4.69, 9.17) is 9.84 Å². The molecule has 0 saturated carbocycles. The average molecular weight is 429 g/mol. The topological polar surface area (TPSA) is 80.7 Å². The number of carbonyl (C=O) groups is 1. The molecule has 1 heterocycles. The van der Waals surface area contributed by atoms with Gasteiger partial charge in [0.15, 0.2) is 9.84 Å². The molecule has 1 aliphatic heterocycles. The van der Waals surface area contributed by atoms with Crippen molar-refractivity contribution in [2.45, 2.75) is 62.7 Å². The van der Waals surface area contributed by atoms with Crippen molar-refractivity contribution in [1.29, 1.82) is 0 Å². The lowest BCUT2D eigenvalue weighted by Crippen LogP contribution is -2.30. The first kappa shape index (κ1) is 22.1. The number of fused-ring (bicyclic) bond motifs is 1. The van der Waals surface area contributed by atoms with E-state index >= 15 is 0 Å². The minimum Gasteiger partial charge on any atom is -0.490 e. The largest absolute Gasteiger partial charge is 0.490 e. The van der Waals surface area contributed by atoms with Crippen LogP contribution in [-0.2, 0) is 14.6 Å². The number of aliphatic carboxylic acids is 1. The van der Waals surface area contributed by atoms with Gasteiger partial charge in [-0.1, -0.05) is 36.8 Å². The Hall–Kier alpha value is -2.60. The molecule has 0 fully saturated rings. The van der Waals surface area contributed by atoms with Crippen molar-refractivity contribution in [1.82, 2.24) is 0 Å². The number of rotatable bonds is 7. The lowest BCUT2D eigenvalue weighted by atomic mass is 9.96. The smallest absolute Gasteiger partial charge is 0.303 e. The Labute approximate surface area is 178 Å². The molecule has 1 unspecified atom stereocenters. The molecule has 30 heavy (non-hydrogen) atoms. The van der Waals surface area contributed by atoms with E-state index < -0.39 is 27.2 Å². The molecule has 1 N–H and O–H groups in total. The molecule has 2 aromatic rings. The van der Waals surface area contributed by atoms with Gasteiger partial charge < -0.3 is 9.84 Å². The normalized spacial score (nSPS) is 19.1. The molecule has 0 saturated heterocycles. The van der Waals surface area contributed by atoms with E-state index in [-0.39, 0.29) is 24.2 Å². The molecule has 0 aromatic heterocycles. The molecular formula is C24H28O5S. The van der Waals surface area contributed by atoms with Crippen molar-refractivity contribution >= 4 is 21.9 Å². The first-order valence-corrected chi connectivity index (χ1v) is 11.8. The van der Waals surface area contributed by atoms with Gasteiger partial charge in [0.1, 0.15) is 11.9 Å². The number of hydrogen-bond donors (Lipinski definition) is 1. The van der Waals surface area contributed by atoms with Gasteiger partial charge in [0, 0.05) is 18.4 Å². The fourth-order valence-corrected chi connectivity index (χ4v) is 5.64. The number of carboxylic acid groups (broad SMARTS) is 1. The van der Waals surface area contributed by atoms with E-state index in [1.54, 1.807) is 24.3 Å². The van der Waals surface area contributed by atoms with Crippen molar-refractivity contribution < 1.29 is 23.1 Å². The van der Waals surface area contributed by atoms with Crippen LogP contribution in [0, 0.1) is 6.92 Å². The zero-order valence-electron chi connectivity index (χ0n) is 17.6. The molecule has 2 atom stereocenters. The number of sulfone groups is 1. The third kappa shape index (κ3) is 4.93. The summed E-state index contributed by atoms with van der Waals surface area (Å²) in [7, 11) is -3.67. The van der Waals surface area contributed by atoms with Gasteiger partial charge in [-0.05, 0) is 62.1 Å². The summed E-state index contributed by atoms with van der Waals surface area (Å²) in [4.78, 5) is 11.3. The van der Waals surface area contributed by atoms with Gasteiger partial charge in [-0.2, -0.15) is 0 Å². The van der Waals surface area contributed by atoms with E-state index in [0.717, 1.165) is 17.5 Å². The first-order chi connectivity index (χ1) is 14.2. The van der Waals surface area contributed by atoms with Crippen LogP contribution >= 0.6 is 0 Å². The molecule has 0 spiro atoms. The number of allylic oxidation sites excluding steroid dienone is 1. The molecule has 0 amide bonds. The second-order valence-electron chi connectivity index (χ2n) is 7.90. The minimum absolute atomic E-state index is 0.0618. The van der Waals surface area contributed by atoms with Crippen LogP contribution in [0.1, 0.15) is 61.5 Å². The van der Waals surface area contributed by atoms with Gasteiger partial charge in [-0.15, -0.1) is 0 Å². The van der Waals surface area contributed by atoms with Gasteiger partial charge in [-0.3, -0.25) is 4.79 Å². The van der Waals surface area contributed by atoms with Crippen molar-refractivity contribution in [3.05, 3.63) is 64.7 Å². The summed E-state index contributed by atoms with van der Waals surface area (Å²) in [5, 5.41) is 8.26. The van der Waals surface area contributed by atoms with Gasteiger partial charge in [0.05, 0.1) is 10.1 Å². The lowest BCUT2D eigenvalue weighted by Gasteiger charge is -2.32. The SMILES string of the molecule is CC/C(C)=C\c1ccc2c(c1)C(S(=O)(=O)c1cccc(C)c1)C[C@H](CCC(=O)O)O2. The predicted molar refractivity (Wildman–Crippen MR) is 117 cm³/mol. The number of ether oxygens (including phenoxy) is 1. The number of hydrogen-bond acceptors (Lipinski definition) is 4. The zero-order chi connectivity index (χ0) is 21.9. The van der Waals surface area contributed by atoms with E-state index in [1.807, 2.05) is 38.1 Å². The molecule has 0 aliphatic carbocycles. The third-order valence-electron chi connectivity index (χ3n) is 5.49. The molecule has 6 heteroatoms. The van der Waals surface area contributed by atoms with Gasteiger partial charge in [0.2, 0.25) is 0 Å². The quantitative estimate of drug-likeness (QED) is 0.644. The van der Waals surface area contributed by atoms with Crippen LogP contribution in [0.5, 0.6) is 5.75 Å². The molecule has 0 bridgehead atoms. The Morgan fingerprint density at radius 3 is 2.67 bits per heavy atom. The Balaban J connectivity index is 2.07. The highest BCUT2D eigenvalue weighted by molar-refractivity contribution is 7.91. The van der Waals surface area contributed by atoms with Crippen LogP contribution in [0.4, 0.5) is 0 Å². The molecule has 160 valence electrons. The maximum absolute atomic E-state index is 13.6. The van der Waals surface area contributed by atoms with Crippen LogP contribution in [0.25, 0.3) is 6.08 Å². The van der Waals surface area contributed by atoms with Crippen LogP contribution in [0.15, 0.2) is 52.9 Å². The van der Waals surface area contributed by atoms with Gasteiger partial charge >= 0.3 is 5.97 Å². The number of aryl methyl sites for hydroxylation is 1. The van der Waals surface area contributed by atoms with Crippen molar-refractivity contribution in [3.8, 4) is 5.75 Å². The Morgan fingerprint density at radius 2 is 2.00 bits per heavy atom. The predicted octanol–water partition coefficient (Wildman–Crippen LogP) is 5.34. The maximum atomic E-state index is 13.6. The van der Waals surface area contributed by atoms with E-state index in [9.17, 15) is 13.2 Å². The molecule has 0 radical (unpaired) electrons. The van der Waals surface area contributed by atoms with Crippen LogP contribution in [-0.4, -0.2) is 25.6 Å². The second kappa shape index (κ2) is 9.04. The Morgan fingerprint density at radius 1 is 1.23 bits per heavy atom. The molecule has 5 nitrogen and oxygen atoms in total. The number of carboxylic acids is 1. The van der Waals surface area contributed by atoms with E-state index in [0.29, 0.717) is 11.3 Å². The van der Waals surface area contributed by atoms with Crippen molar-refractivity contribution in [2.75, 3.05) is 0 Å². The summed E-state index contributed by atoms with van der Waals surface area (Å²) in [5.41, 5.74) is 3.65. The molecule has 2 aromatic carbocycles. The van der Waals surface area contributed by atoms with Gasteiger partial charge in [0.25, 0.3) is 0 Å². The molecule has 1 aliphatic rings. The average Bonchev–Trinajstić information content (AvgIpc) is 2.71. The highest BCUT2D eigenvalue weighted by Gasteiger charge is 2.38. The van der Waals surface area contributed by atoms with Crippen LogP contribution in [0.3, 0.4) is 0 Å².